The largest absolute Gasteiger partial charge is 0.495 e. The molecule has 1 aliphatic rings. The third-order valence-corrected chi connectivity index (χ3v) is 5.55. The smallest absolute Gasteiger partial charge is 0.209 e. The molecule has 0 aliphatic carbocycles. The highest BCUT2D eigenvalue weighted by Gasteiger charge is 2.27. The number of hydrogen-bond donors (Lipinski definition) is 3. The molecule has 0 amide bonds. The number of sulfonamides is 1. The third kappa shape index (κ3) is 8.35. The van der Waals surface area contributed by atoms with Crippen LogP contribution in [0.2, 0.25) is 5.02 Å². The van der Waals surface area contributed by atoms with Crippen LogP contribution in [0.3, 0.4) is 0 Å². The van der Waals surface area contributed by atoms with Crippen LogP contribution < -0.4 is 25.0 Å². The minimum atomic E-state index is -3.29. The molecule has 0 bridgehead atoms. The second-order valence-corrected chi connectivity index (χ2v) is 9.76. The van der Waals surface area contributed by atoms with Gasteiger partial charge in [-0.3, -0.25) is 4.99 Å². The molecule has 1 heterocycles. The molecule has 11 heteroatoms. The predicted molar refractivity (Wildman–Crippen MR) is 131 cm³/mol. The Hall–Kier alpha value is -0.980. The normalized spacial score (nSPS) is 17.7. The summed E-state index contributed by atoms with van der Waals surface area (Å²) in [4.78, 5) is 6.48. The SMILES string of the molecule is CN=C(NCC(C)(C)NS(C)(=O)=O)NC1CCN(c2cc(Cl)ccc2OC)C1.I. The lowest BCUT2D eigenvalue weighted by atomic mass is 10.1. The van der Waals surface area contributed by atoms with Crippen molar-refractivity contribution in [2.75, 3.05) is 44.9 Å². The summed E-state index contributed by atoms with van der Waals surface area (Å²) in [5.41, 5.74) is 0.335. The molecule has 3 N–H and O–H groups in total. The molecule has 0 saturated carbocycles. The van der Waals surface area contributed by atoms with Gasteiger partial charge in [0.15, 0.2) is 5.96 Å². The Morgan fingerprint density at radius 1 is 1.41 bits per heavy atom. The molecular weight excluding hydrogens is 529 g/mol. The Kier molecular flexibility index (Phi) is 9.77. The zero-order valence-corrected chi connectivity index (χ0v) is 21.4. The molecule has 1 fully saturated rings. The van der Waals surface area contributed by atoms with Gasteiger partial charge in [0.2, 0.25) is 10.0 Å². The number of methoxy groups -OCH3 is 1. The summed E-state index contributed by atoms with van der Waals surface area (Å²) in [5, 5.41) is 7.26. The predicted octanol–water partition coefficient (Wildman–Crippen LogP) is 2.04. The van der Waals surface area contributed by atoms with E-state index in [1.54, 1.807) is 14.2 Å². The van der Waals surface area contributed by atoms with Gasteiger partial charge in [-0.2, -0.15) is 0 Å². The van der Waals surface area contributed by atoms with Crippen LogP contribution in [-0.4, -0.2) is 66.0 Å². The summed E-state index contributed by atoms with van der Waals surface area (Å²) in [6, 6.07) is 5.79. The molecule has 0 radical (unpaired) electrons. The van der Waals surface area contributed by atoms with Crippen LogP contribution in [0.5, 0.6) is 5.75 Å². The van der Waals surface area contributed by atoms with Crippen molar-refractivity contribution in [2.24, 2.45) is 4.99 Å². The van der Waals surface area contributed by atoms with E-state index in [4.69, 9.17) is 16.3 Å². The molecule has 2 rings (SSSR count). The molecule has 8 nitrogen and oxygen atoms in total. The van der Waals surface area contributed by atoms with Crippen molar-refractivity contribution in [3.8, 4) is 5.75 Å². The van der Waals surface area contributed by atoms with Crippen LogP contribution in [0.15, 0.2) is 23.2 Å². The summed E-state index contributed by atoms with van der Waals surface area (Å²) in [7, 11) is 0.0564. The average molecular weight is 560 g/mol. The van der Waals surface area contributed by atoms with Crippen molar-refractivity contribution < 1.29 is 13.2 Å². The molecule has 1 aromatic rings. The van der Waals surface area contributed by atoms with Gasteiger partial charge < -0.3 is 20.3 Å². The fraction of sp³-hybridized carbons (Fsp3) is 0.611. The van der Waals surface area contributed by atoms with Crippen LogP contribution in [0.4, 0.5) is 5.69 Å². The number of benzene rings is 1. The molecule has 0 spiro atoms. The van der Waals surface area contributed by atoms with Crippen molar-refractivity contribution in [1.82, 2.24) is 15.4 Å². The average Bonchev–Trinajstić information content (AvgIpc) is 3.05. The molecule has 1 aromatic carbocycles. The number of ether oxygens (including phenoxy) is 1. The van der Waals surface area contributed by atoms with Gasteiger partial charge in [-0.15, -0.1) is 24.0 Å². The summed E-state index contributed by atoms with van der Waals surface area (Å²) in [6.45, 7) is 5.68. The highest BCUT2D eigenvalue weighted by Crippen LogP contribution is 2.33. The monoisotopic (exact) mass is 559 g/mol. The minimum absolute atomic E-state index is 0. The van der Waals surface area contributed by atoms with E-state index in [-0.39, 0.29) is 30.0 Å². The Balaban J connectivity index is 0.00000420. The van der Waals surface area contributed by atoms with Crippen LogP contribution in [-0.2, 0) is 10.0 Å². The zero-order valence-electron chi connectivity index (χ0n) is 17.5. The maximum Gasteiger partial charge on any atom is 0.209 e. The molecule has 166 valence electrons. The first-order valence-electron chi connectivity index (χ1n) is 9.07. The van der Waals surface area contributed by atoms with Crippen molar-refractivity contribution in [3.05, 3.63) is 23.2 Å². The van der Waals surface area contributed by atoms with Crippen molar-refractivity contribution in [3.63, 3.8) is 0 Å². The first-order valence-corrected chi connectivity index (χ1v) is 11.3. The van der Waals surface area contributed by atoms with Gasteiger partial charge in [0.1, 0.15) is 5.75 Å². The van der Waals surface area contributed by atoms with Gasteiger partial charge >= 0.3 is 0 Å². The highest BCUT2D eigenvalue weighted by molar-refractivity contribution is 14.0. The molecule has 0 aromatic heterocycles. The second-order valence-electron chi connectivity index (χ2n) is 7.58. The third-order valence-electron chi connectivity index (χ3n) is 4.39. The lowest BCUT2D eigenvalue weighted by Crippen LogP contribution is -2.54. The number of guanidine groups is 1. The van der Waals surface area contributed by atoms with Crippen molar-refractivity contribution in [2.45, 2.75) is 31.8 Å². The molecular formula is C18H31ClIN5O3S. The van der Waals surface area contributed by atoms with E-state index in [2.05, 4.69) is 25.2 Å². The van der Waals surface area contributed by atoms with Crippen molar-refractivity contribution in [1.29, 1.82) is 0 Å². The van der Waals surface area contributed by atoms with Crippen LogP contribution in [0.1, 0.15) is 20.3 Å². The maximum atomic E-state index is 11.5. The molecule has 29 heavy (non-hydrogen) atoms. The summed E-state index contributed by atoms with van der Waals surface area (Å²) < 4.78 is 31.0. The van der Waals surface area contributed by atoms with Crippen LogP contribution in [0.25, 0.3) is 0 Å². The Labute approximate surface area is 195 Å². The summed E-state index contributed by atoms with van der Waals surface area (Å²) in [6.07, 6.45) is 2.08. The first kappa shape index (κ1) is 26.1. The maximum absolute atomic E-state index is 11.5. The lowest BCUT2D eigenvalue weighted by Gasteiger charge is -2.27. The molecule has 1 aliphatic heterocycles. The standard InChI is InChI=1S/C18H30ClN5O3S.HI/c1-18(2,23-28(5,25)26)12-21-17(20-3)22-14-8-9-24(11-14)15-10-13(19)6-7-16(15)27-4;/h6-7,10,14,23H,8-9,11-12H2,1-5H3,(H2,20,21,22);1H. The summed E-state index contributed by atoms with van der Waals surface area (Å²) >= 11 is 6.15. The second kappa shape index (κ2) is 10.9. The quantitative estimate of drug-likeness (QED) is 0.269. The summed E-state index contributed by atoms with van der Waals surface area (Å²) in [5.74, 6) is 1.43. The van der Waals surface area contributed by atoms with Gasteiger partial charge in [0, 0.05) is 43.3 Å². The van der Waals surface area contributed by atoms with E-state index in [1.807, 2.05) is 32.0 Å². The zero-order chi connectivity index (χ0) is 20.9. The fourth-order valence-electron chi connectivity index (χ4n) is 3.24. The molecule has 1 atom stereocenters. The van der Waals surface area contributed by atoms with Gasteiger partial charge in [-0.25, -0.2) is 13.1 Å². The number of hydrogen-bond acceptors (Lipinski definition) is 5. The number of halogens is 2. The van der Waals surface area contributed by atoms with E-state index in [9.17, 15) is 8.42 Å². The number of anilines is 1. The van der Waals surface area contributed by atoms with Gasteiger partial charge in [-0.05, 0) is 38.5 Å². The Morgan fingerprint density at radius 2 is 2.10 bits per heavy atom. The van der Waals surface area contributed by atoms with E-state index >= 15 is 0 Å². The number of nitrogens with one attached hydrogen (secondary N) is 3. The number of rotatable bonds is 7. The highest BCUT2D eigenvalue weighted by atomic mass is 127. The topological polar surface area (TPSA) is 95.1 Å². The fourth-order valence-corrected chi connectivity index (χ4v) is 4.48. The first-order chi connectivity index (χ1) is 13.0. The number of nitrogens with zero attached hydrogens (tertiary/aromatic N) is 2. The van der Waals surface area contributed by atoms with Gasteiger partial charge in [-0.1, -0.05) is 11.6 Å². The van der Waals surface area contributed by atoms with Crippen LogP contribution >= 0.6 is 35.6 Å². The van der Waals surface area contributed by atoms with Gasteiger partial charge in [0.25, 0.3) is 0 Å². The van der Waals surface area contributed by atoms with E-state index in [1.165, 1.54) is 0 Å². The van der Waals surface area contributed by atoms with E-state index < -0.39 is 15.6 Å². The minimum Gasteiger partial charge on any atom is -0.495 e. The Bertz CT molecular complexity index is 820. The Morgan fingerprint density at radius 3 is 2.69 bits per heavy atom. The molecule has 1 unspecified atom stereocenters. The number of aliphatic imine (C=N–C) groups is 1. The van der Waals surface area contributed by atoms with E-state index in [0.717, 1.165) is 37.2 Å². The van der Waals surface area contributed by atoms with Crippen LogP contribution in [0, 0.1) is 0 Å². The van der Waals surface area contributed by atoms with Crippen molar-refractivity contribution >= 4 is 57.2 Å². The lowest BCUT2D eigenvalue weighted by molar-refractivity contribution is 0.415. The van der Waals surface area contributed by atoms with Gasteiger partial charge in [0.05, 0.1) is 19.1 Å². The van der Waals surface area contributed by atoms with E-state index in [0.29, 0.717) is 17.5 Å². The molecule has 1 saturated heterocycles.